The molecule has 0 radical (unpaired) electrons. The van der Waals surface area contributed by atoms with Crippen LogP contribution in [0.15, 0.2) is 78.9 Å². The molecule has 2 aliphatic heterocycles. The fraction of sp³-hybridized carbons (Fsp3) is 0.286. The van der Waals surface area contributed by atoms with Gasteiger partial charge in [-0.05, 0) is 47.7 Å². The van der Waals surface area contributed by atoms with E-state index in [4.69, 9.17) is 4.84 Å². The number of carbonyl (C=O) groups excluding carboxylic acids is 2. The van der Waals surface area contributed by atoms with Gasteiger partial charge in [-0.3, -0.25) is 14.4 Å². The summed E-state index contributed by atoms with van der Waals surface area (Å²) in [6.07, 6.45) is -0.855. The molecule has 0 N–H and O–H groups in total. The molecule has 33 heavy (non-hydrogen) atoms. The van der Waals surface area contributed by atoms with E-state index in [1.54, 1.807) is 5.06 Å². The van der Waals surface area contributed by atoms with Gasteiger partial charge in [0.25, 0.3) is 5.91 Å². The molecule has 0 unspecified atom stereocenters. The van der Waals surface area contributed by atoms with Crippen molar-refractivity contribution in [2.24, 2.45) is 5.92 Å². The Morgan fingerprint density at radius 1 is 0.758 bits per heavy atom. The van der Waals surface area contributed by atoms with Gasteiger partial charge in [-0.1, -0.05) is 80.9 Å². The minimum absolute atomic E-state index is 0.0216. The van der Waals surface area contributed by atoms with E-state index in [-0.39, 0.29) is 17.2 Å². The zero-order chi connectivity index (χ0) is 23.3. The smallest absolute Gasteiger partial charge is 0.266 e. The number of hydroxylamine groups is 1. The van der Waals surface area contributed by atoms with E-state index in [1.165, 1.54) is 10.5 Å². The highest BCUT2D eigenvalue weighted by Gasteiger charge is 2.60. The summed E-state index contributed by atoms with van der Waals surface area (Å²) in [7, 11) is 0. The molecular formula is C28H28N2O3. The Morgan fingerprint density at radius 3 is 2.00 bits per heavy atom. The van der Waals surface area contributed by atoms with Crippen LogP contribution in [0, 0.1) is 12.8 Å². The SMILES string of the molecule is Cc1ccc(N2C(=O)[C@H]3[C@H](ON(c4ccccc4)[C@H]3c3ccc(C(C)(C)C)cc3)C2=O)cc1. The average Bonchev–Trinajstić information content (AvgIpc) is 3.31. The van der Waals surface area contributed by atoms with Gasteiger partial charge in [-0.15, -0.1) is 0 Å². The van der Waals surface area contributed by atoms with E-state index in [9.17, 15) is 9.59 Å². The average molecular weight is 441 g/mol. The van der Waals surface area contributed by atoms with Crippen LogP contribution in [0.3, 0.4) is 0 Å². The quantitative estimate of drug-likeness (QED) is 0.516. The van der Waals surface area contributed by atoms with Crippen LogP contribution >= 0.6 is 0 Å². The molecule has 2 heterocycles. The highest BCUT2D eigenvalue weighted by atomic mass is 16.7. The molecule has 5 rings (SSSR count). The first-order chi connectivity index (χ1) is 15.8. The standard InChI is InChI=1S/C28H28N2O3/c1-18-10-16-21(17-11-18)29-26(31)23-24(19-12-14-20(15-13-19)28(2,3)4)30(33-25(23)27(29)32)22-8-6-5-7-9-22/h5-17,23-25H,1-4H3/t23-,24+,25+/m1/s1. The second-order valence-electron chi connectivity index (χ2n) is 9.88. The molecule has 5 heteroatoms. The maximum atomic E-state index is 13.7. The Hall–Kier alpha value is -3.44. The first kappa shape index (κ1) is 21.4. The van der Waals surface area contributed by atoms with Crippen molar-refractivity contribution in [1.29, 1.82) is 0 Å². The third-order valence-electron chi connectivity index (χ3n) is 6.54. The highest BCUT2D eigenvalue weighted by Crippen LogP contribution is 2.47. The lowest BCUT2D eigenvalue weighted by molar-refractivity contribution is -0.126. The molecule has 2 fully saturated rings. The van der Waals surface area contributed by atoms with Crippen molar-refractivity contribution in [3.8, 4) is 0 Å². The molecular weight excluding hydrogens is 412 g/mol. The Bertz CT molecular complexity index is 1180. The molecule has 5 nitrogen and oxygen atoms in total. The van der Waals surface area contributed by atoms with Gasteiger partial charge in [0.05, 0.1) is 17.4 Å². The van der Waals surface area contributed by atoms with Gasteiger partial charge in [-0.2, -0.15) is 0 Å². The molecule has 2 saturated heterocycles. The van der Waals surface area contributed by atoms with Crippen LogP contribution in [-0.2, 0) is 19.8 Å². The minimum Gasteiger partial charge on any atom is -0.273 e. The number of hydrogen-bond donors (Lipinski definition) is 0. The summed E-state index contributed by atoms with van der Waals surface area (Å²) >= 11 is 0. The van der Waals surface area contributed by atoms with Crippen molar-refractivity contribution >= 4 is 23.2 Å². The van der Waals surface area contributed by atoms with Gasteiger partial charge >= 0.3 is 0 Å². The monoisotopic (exact) mass is 440 g/mol. The number of imide groups is 1. The normalized spacial score (nSPS) is 22.7. The predicted octanol–water partition coefficient (Wildman–Crippen LogP) is 5.34. The third-order valence-corrected chi connectivity index (χ3v) is 6.54. The Morgan fingerprint density at radius 2 is 1.39 bits per heavy atom. The van der Waals surface area contributed by atoms with E-state index in [0.717, 1.165) is 16.8 Å². The van der Waals surface area contributed by atoms with Crippen molar-refractivity contribution in [1.82, 2.24) is 0 Å². The van der Waals surface area contributed by atoms with E-state index in [2.05, 4.69) is 45.0 Å². The molecule has 2 amide bonds. The number of nitrogens with zero attached hydrogens (tertiary/aromatic N) is 2. The molecule has 0 aromatic heterocycles. The molecule has 0 spiro atoms. The van der Waals surface area contributed by atoms with Gasteiger partial charge in [-0.25, -0.2) is 9.96 Å². The molecule has 3 aromatic carbocycles. The van der Waals surface area contributed by atoms with Crippen LogP contribution in [0.4, 0.5) is 11.4 Å². The van der Waals surface area contributed by atoms with Crippen molar-refractivity contribution < 1.29 is 14.4 Å². The van der Waals surface area contributed by atoms with Crippen molar-refractivity contribution in [3.63, 3.8) is 0 Å². The van der Waals surface area contributed by atoms with Gasteiger partial charge < -0.3 is 0 Å². The van der Waals surface area contributed by atoms with E-state index in [1.807, 2.05) is 61.5 Å². The van der Waals surface area contributed by atoms with Crippen molar-refractivity contribution in [2.75, 3.05) is 9.96 Å². The first-order valence-electron chi connectivity index (χ1n) is 11.3. The van der Waals surface area contributed by atoms with Crippen molar-refractivity contribution in [3.05, 3.63) is 95.6 Å². The number of fused-ring (bicyclic) bond motifs is 1. The highest BCUT2D eigenvalue weighted by molar-refractivity contribution is 6.23. The Labute approximate surface area is 194 Å². The van der Waals surface area contributed by atoms with Gasteiger partial charge in [0.15, 0.2) is 6.10 Å². The van der Waals surface area contributed by atoms with Crippen LogP contribution in [0.2, 0.25) is 0 Å². The number of para-hydroxylation sites is 1. The second-order valence-corrected chi connectivity index (χ2v) is 9.88. The van der Waals surface area contributed by atoms with Crippen LogP contribution in [0.5, 0.6) is 0 Å². The summed E-state index contributed by atoms with van der Waals surface area (Å²) in [5.41, 5.74) is 4.66. The summed E-state index contributed by atoms with van der Waals surface area (Å²) in [6, 6.07) is 25.0. The van der Waals surface area contributed by atoms with Gasteiger partial charge in [0.2, 0.25) is 5.91 Å². The van der Waals surface area contributed by atoms with Gasteiger partial charge in [0.1, 0.15) is 5.92 Å². The van der Waals surface area contributed by atoms with E-state index < -0.39 is 18.1 Å². The Balaban J connectivity index is 1.57. The zero-order valence-electron chi connectivity index (χ0n) is 19.4. The largest absolute Gasteiger partial charge is 0.273 e. The predicted molar refractivity (Wildman–Crippen MR) is 129 cm³/mol. The number of aryl methyl sites for hydroxylation is 1. The number of hydrogen-bond acceptors (Lipinski definition) is 4. The molecule has 2 aliphatic rings. The van der Waals surface area contributed by atoms with E-state index >= 15 is 0 Å². The molecule has 168 valence electrons. The lowest BCUT2D eigenvalue weighted by atomic mass is 9.84. The topological polar surface area (TPSA) is 49.9 Å². The maximum absolute atomic E-state index is 13.7. The van der Waals surface area contributed by atoms with Crippen LogP contribution < -0.4 is 9.96 Å². The summed E-state index contributed by atoms with van der Waals surface area (Å²) in [5.74, 6) is -1.17. The molecule has 0 saturated carbocycles. The van der Waals surface area contributed by atoms with E-state index in [0.29, 0.717) is 5.69 Å². The number of anilines is 2. The van der Waals surface area contributed by atoms with Crippen LogP contribution in [0.25, 0.3) is 0 Å². The number of carbonyl (C=O) groups is 2. The summed E-state index contributed by atoms with van der Waals surface area (Å²) in [6.45, 7) is 8.49. The Kier molecular flexibility index (Phi) is 5.09. The second kappa shape index (κ2) is 7.85. The fourth-order valence-corrected chi connectivity index (χ4v) is 4.68. The molecule has 3 atom stereocenters. The van der Waals surface area contributed by atoms with Gasteiger partial charge in [0, 0.05) is 0 Å². The third kappa shape index (κ3) is 3.62. The number of benzene rings is 3. The fourth-order valence-electron chi connectivity index (χ4n) is 4.68. The van der Waals surface area contributed by atoms with Crippen LogP contribution in [0.1, 0.15) is 43.5 Å². The lowest BCUT2D eigenvalue weighted by Crippen LogP contribution is -2.37. The number of rotatable bonds is 3. The summed E-state index contributed by atoms with van der Waals surface area (Å²) < 4.78 is 0. The molecule has 3 aromatic rings. The maximum Gasteiger partial charge on any atom is 0.266 e. The summed E-state index contributed by atoms with van der Waals surface area (Å²) in [5, 5.41) is 1.74. The minimum atomic E-state index is -0.855. The number of amides is 2. The van der Waals surface area contributed by atoms with Crippen LogP contribution in [-0.4, -0.2) is 17.9 Å². The van der Waals surface area contributed by atoms with Crippen molar-refractivity contribution in [2.45, 2.75) is 45.3 Å². The molecule has 0 bridgehead atoms. The molecule has 0 aliphatic carbocycles. The lowest BCUT2D eigenvalue weighted by Gasteiger charge is -2.29. The summed E-state index contributed by atoms with van der Waals surface area (Å²) in [4.78, 5) is 34.5. The first-order valence-corrected chi connectivity index (χ1v) is 11.3. The zero-order valence-corrected chi connectivity index (χ0v) is 19.4.